The Kier molecular flexibility index (Phi) is 4.94. The van der Waals surface area contributed by atoms with Gasteiger partial charge in [-0.1, -0.05) is 30.3 Å². The van der Waals surface area contributed by atoms with E-state index < -0.39 is 0 Å². The summed E-state index contributed by atoms with van der Waals surface area (Å²) < 4.78 is 5.84. The molecule has 0 fully saturated rings. The van der Waals surface area contributed by atoms with E-state index >= 15 is 0 Å². The van der Waals surface area contributed by atoms with Gasteiger partial charge in [-0.05, 0) is 39.7 Å². The van der Waals surface area contributed by atoms with E-state index in [1.165, 1.54) is 6.08 Å². The summed E-state index contributed by atoms with van der Waals surface area (Å²) in [6.45, 7) is 0.326. The zero-order valence-electron chi connectivity index (χ0n) is 10.0. The van der Waals surface area contributed by atoms with Crippen molar-refractivity contribution < 1.29 is 14.0 Å². The summed E-state index contributed by atoms with van der Waals surface area (Å²) in [5.74, 6) is 0.244. The molecule has 0 radical (unpaired) electrons. The van der Waals surface area contributed by atoms with E-state index in [4.69, 9.17) is 9.25 Å². The van der Waals surface area contributed by atoms with Gasteiger partial charge in [-0.2, -0.15) is 0 Å². The predicted octanol–water partition coefficient (Wildman–Crippen LogP) is 3.30. The van der Waals surface area contributed by atoms with Crippen LogP contribution in [-0.2, 0) is 16.2 Å². The van der Waals surface area contributed by atoms with Gasteiger partial charge in [0.15, 0.2) is 4.67 Å². The highest BCUT2D eigenvalue weighted by molar-refractivity contribution is 9.10. The third-order valence-electron chi connectivity index (χ3n) is 2.25. The number of rotatable bonds is 5. The largest absolute Gasteiger partial charge is 0.450 e. The molecule has 1 heterocycles. The molecule has 19 heavy (non-hydrogen) atoms. The van der Waals surface area contributed by atoms with Crippen LogP contribution < -0.4 is 5.48 Å². The lowest BCUT2D eigenvalue weighted by atomic mass is 10.2. The minimum Gasteiger partial charge on any atom is -0.450 e. The second-order valence-electron chi connectivity index (χ2n) is 3.72. The molecular formula is C14H12BrNO3. The Balaban J connectivity index is 1.74. The summed E-state index contributed by atoms with van der Waals surface area (Å²) in [5.41, 5.74) is 3.32. The summed E-state index contributed by atoms with van der Waals surface area (Å²) in [4.78, 5) is 16.5. The molecule has 1 amide bonds. The van der Waals surface area contributed by atoms with E-state index in [0.717, 1.165) is 5.56 Å². The summed E-state index contributed by atoms with van der Waals surface area (Å²) in [6.07, 6.45) is 2.90. The molecule has 0 aliphatic rings. The number of furan rings is 1. The van der Waals surface area contributed by atoms with Crippen molar-refractivity contribution in [3.63, 3.8) is 0 Å². The van der Waals surface area contributed by atoms with Crippen LogP contribution in [0.4, 0.5) is 0 Å². The van der Waals surface area contributed by atoms with Crippen LogP contribution >= 0.6 is 15.9 Å². The van der Waals surface area contributed by atoms with E-state index in [1.807, 2.05) is 30.3 Å². The van der Waals surface area contributed by atoms with Gasteiger partial charge in [-0.15, -0.1) is 0 Å². The van der Waals surface area contributed by atoms with Gasteiger partial charge in [0.25, 0.3) is 5.91 Å². The minimum atomic E-state index is -0.344. The molecule has 0 atom stereocenters. The maximum Gasteiger partial charge on any atom is 0.267 e. The van der Waals surface area contributed by atoms with Gasteiger partial charge in [0.2, 0.25) is 0 Å². The average Bonchev–Trinajstić information content (AvgIpc) is 2.83. The van der Waals surface area contributed by atoms with Crippen LogP contribution in [0.2, 0.25) is 0 Å². The highest BCUT2D eigenvalue weighted by Gasteiger charge is 1.98. The van der Waals surface area contributed by atoms with Gasteiger partial charge in [-0.25, -0.2) is 5.48 Å². The molecule has 5 heteroatoms. The molecule has 98 valence electrons. The van der Waals surface area contributed by atoms with Crippen molar-refractivity contribution in [1.82, 2.24) is 5.48 Å². The fourth-order valence-electron chi connectivity index (χ4n) is 1.37. The van der Waals surface area contributed by atoms with Crippen LogP contribution in [0.25, 0.3) is 6.08 Å². The summed E-state index contributed by atoms with van der Waals surface area (Å²) >= 11 is 3.18. The highest BCUT2D eigenvalue weighted by atomic mass is 79.9. The first-order chi connectivity index (χ1) is 9.24. The number of nitrogens with one attached hydrogen (secondary N) is 1. The van der Waals surface area contributed by atoms with Crippen molar-refractivity contribution in [1.29, 1.82) is 0 Å². The lowest BCUT2D eigenvalue weighted by Gasteiger charge is -2.02. The van der Waals surface area contributed by atoms with Crippen molar-refractivity contribution in [2.75, 3.05) is 0 Å². The topological polar surface area (TPSA) is 51.5 Å². The van der Waals surface area contributed by atoms with Gasteiger partial charge in [0.05, 0.1) is 6.61 Å². The molecule has 0 saturated heterocycles. The standard InChI is InChI=1S/C14H12BrNO3/c15-13-8-6-12(19-13)7-9-14(17)16-18-10-11-4-2-1-3-5-11/h1-9H,10H2,(H,16,17). The van der Waals surface area contributed by atoms with Gasteiger partial charge in [-0.3, -0.25) is 9.63 Å². The van der Waals surface area contributed by atoms with Gasteiger partial charge in [0, 0.05) is 6.08 Å². The molecule has 1 aromatic heterocycles. The lowest BCUT2D eigenvalue weighted by Crippen LogP contribution is -2.21. The first-order valence-corrected chi connectivity index (χ1v) is 6.42. The third kappa shape index (κ3) is 4.73. The quantitative estimate of drug-likeness (QED) is 0.679. The molecule has 0 spiro atoms. The number of amides is 1. The molecule has 2 rings (SSSR count). The van der Waals surface area contributed by atoms with Crippen LogP contribution in [0.3, 0.4) is 0 Å². The molecule has 0 saturated carbocycles. The van der Waals surface area contributed by atoms with Crippen molar-refractivity contribution in [3.8, 4) is 0 Å². The first-order valence-electron chi connectivity index (χ1n) is 5.63. The van der Waals surface area contributed by atoms with Crippen LogP contribution in [0.5, 0.6) is 0 Å². The normalized spacial score (nSPS) is 10.8. The Morgan fingerprint density at radius 3 is 2.74 bits per heavy atom. The Bertz CT molecular complexity index is 563. The van der Waals surface area contributed by atoms with Crippen LogP contribution in [-0.4, -0.2) is 5.91 Å². The fourth-order valence-corrected chi connectivity index (χ4v) is 1.69. The molecule has 2 aromatic rings. The van der Waals surface area contributed by atoms with Crippen LogP contribution in [0.15, 0.2) is 57.6 Å². The predicted molar refractivity (Wildman–Crippen MR) is 74.8 cm³/mol. The third-order valence-corrected chi connectivity index (χ3v) is 2.67. The zero-order chi connectivity index (χ0) is 13.5. The van der Waals surface area contributed by atoms with Crippen molar-refractivity contribution in [2.24, 2.45) is 0 Å². The minimum absolute atomic E-state index is 0.326. The lowest BCUT2D eigenvalue weighted by molar-refractivity contribution is -0.129. The smallest absolute Gasteiger partial charge is 0.267 e. The molecule has 0 aliphatic heterocycles. The second-order valence-corrected chi connectivity index (χ2v) is 4.50. The molecule has 1 aromatic carbocycles. The zero-order valence-corrected chi connectivity index (χ0v) is 11.6. The second kappa shape index (κ2) is 6.92. The number of halogens is 1. The monoisotopic (exact) mass is 321 g/mol. The summed E-state index contributed by atoms with van der Waals surface area (Å²) in [7, 11) is 0. The SMILES string of the molecule is O=C(C=Cc1ccc(Br)o1)NOCc1ccccc1. The first kappa shape index (κ1) is 13.6. The number of carbonyl (C=O) groups excluding carboxylic acids is 1. The Morgan fingerprint density at radius 2 is 2.05 bits per heavy atom. The van der Waals surface area contributed by atoms with Gasteiger partial charge in [0.1, 0.15) is 5.76 Å². The van der Waals surface area contributed by atoms with E-state index in [9.17, 15) is 4.79 Å². The van der Waals surface area contributed by atoms with Crippen molar-refractivity contribution >= 4 is 27.9 Å². The molecule has 0 unspecified atom stereocenters. The maximum absolute atomic E-state index is 11.4. The number of hydroxylamine groups is 1. The fraction of sp³-hybridized carbons (Fsp3) is 0.0714. The summed E-state index contributed by atoms with van der Waals surface area (Å²) in [5, 5.41) is 0. The number of carbonyl (C=O) groups is 1. The van der Waals surface area contributed by atoms with E-state index in [1.54, 1.807) is 18.2 Å². The van der Waals surface area contributed by atoms with E-state index in [2.05, 4.69) is 21.4 Å². The molecule has 0 aliphatic carbocycles. The van der Waals surface area contributed by atoms with Crippen molar-refractivity contribution in [3.05, 3.63) is 64.5 Å². The number of hydrogen-bond donors (Lipinski definition) is 1. The van der Waals surface area contributed by atoms with Crippen LogP contribution in [0.1, 0.15) is 11.3 Å². The number of hydrogen-bond acceptors (Lipinski definition) is 3. The van der Waals surface area contributed by atoms with Crippen LogP contribution in [0, 0.1) is 0 Å². The molecule has 4 nitrogen and oxygen atoms in total. The molecule has 0 bridgehead atoms. The summed E-state index contributed by atoms with van der Waals surface area (Å²) in [6, 6.07) is 13.1. The van der Waals surface area contributed by atoms with E-state index in [0.29, 0.717) is 17.0 Å². The number of benzene rings is 1. The van der Waals surface area contributed by atoms with Gasteiger partial charge < -0.3 is 4.42 Å². The Labute approximate surface area is 119 Å². The maximum atomic E-state index is 11.4. The van der Waals surface area contributed by atoms with E-state index in [-0.39, 0.29) is 5.91 Å². The highest BCUT2D eigenvalue weighted by Crippen LogP contribution is 2.14. The molecule has 1 N–H and O–H groups in total. The molecular weight excluding hydrogens is 310 g/mol. The average molecular weight is 322 g/mol. The Hall–Kier alpha value is -1.85. The van der Waals surface area contributed by atoms with Gasteiger partial charge >= 0.3 is 0 Å². The Morgan fingerprint density at radius 1 is 1.26 bits per heavy atom. The van der Waals surface area contributed by atoms with Crippen molar-refractivity contribution in [2.45, 2.75) is 6.61 Å².